The molecule has 0 atom stereocenters. The van der Waals surface area contributed by atoms with Crippen molar-refractivity contribution in [3.05, 3.63) is 35.1 Å². The fourth-order valence-electron chi connectivity index (χ4n) is 1.59. The van der Waals surface area contributed by atoms with Crippen molar-refractivity contribution < 1.29 is 9.18 Å². The van der Waals surface area contributed by atoms with E-state index in [2.05, 4.69) is 5.32 Å². The van der Waals surface area contributed by atoms with Gasteiger partial charge in [0, 0.05) is 11.6 Å². The normalized spacial score (nSPS) is 10.6. The molecule has 1 amide bonds. The molecule has 1 aromatic carbocycles. The summed E-state index contributed by atoms with van der Waals surface area (Å²) in [4.78, 5) is 11.9. The lowest BCUT2D eigenvalue weighted by molar-refractivity contribution is 0.0934. The third-order valence-corrected chi connectivity index (χ3v) is 2.77. The average molecular weight is 223 g/mol. The zero-order valence-corrected chi connectivity index (χ0v) is 10.0. The van der Waals surface area contributed by atoms with Gasteiger partial charge >= 0.3 is 0 Å². The second-order valence-electron chi connectivity index (χ2n) is 3.95. The Morgan fingerprint density at radius 3 is 2.56 bits per heavy atom. The van der Waals surface area contributed by atoms with Gasteiger partial charge in [-0.1, -0.05) is 19.9 Å². The Kier molecular flexibility index (Phi) is 4.47. The molecule has 0 aliphatic rings. The van der Waals surface area contributed by atoms with Crippen LogP contribution in [0.2, 0.25) is 0 Å². The van der Waals surface area contributed by atoms with Crippen LogP contribution in [0.25, 0.3) is 0 Å². The topological polar surface area (TPSA) is 29.1 Å². The van der Waals surface area contributed by atoms with E-state index in [0.717, 1.165) is 18.4 Å². The molecule has 16 heavy (non-hydrogen) atoms. The third-order valence-electron chi connectivity index (χ3n) is 2.77. The van der Waals surface area contributed by atoms with E-state index < -0.39 is 0 Å². The number of rotatable bonds is 4. The van der Waals surface area contributed by atoms with Crippen LogP contribution in [0.4, 0.5) is 4.39 Å². The maximum Gasteiger partial charge on any atom is 0.251 e. The van der Waals surface area contributed by atoms with E-state index in [-0.39, 0.29) is 17.8 Å². The van der Waals surface area contributed by atoms with Crippen molar-refractivity contribution in [2.45, 2.75) is 39.7 Å². The van der Waals surface area contributed by atoms with E-state index in [0.29, 0.717) is 5.56 Å². The van der Waals surface area contributed by atoms with E-state index in [1.807, 2.05) is 13.8 Å². The van der Waals surface area contributed by atoms with Crippen molar-refractivity contribution in [1.29, 1.82) is 0 Å². The molecule has 0 saturated heterocycles. The first kappa shape index (κ1) is 12.7. The van der Waals surface area contributed by atoms with Crippen molar-refractivity contribution >= 4 is 5.91 Å². The molecule has 0 heterocycles. The molecule has 0 aliphatic carbocycles. The minimum Gasteiger partial charge on any atom is -0.349 e. The lowest BCUT2D eigenvalue weighted by Crippen LogP contribution is -2.34. The molecule has 0 bridgehead atoms. The van der Waals surface area contributed by atoms with Crippen molar-refractivity contribution in [2.75, 3.05) is 0 Å². The first-order valence-corrected chi connectivity index (χ1v) is 5.65. The Labute approximate surface area is 95.9 Å². The standard InChI is InChI=1S/C13H18FNO/c1-4-11(5-2)15-13(16)12-8-10(14)7-6-9(12)3/h6-8,11H,4-5H2,1-3H3,(H,15,16). The summed E-state index contributed by atoms with van der Waals surface area (Å²) in [6.45, 7) is 5.85. The summed E-state index contributed by atoms with van der Waals surface area (Å²) in [5.41, 5.74) is 1.22. The predicted octanol–water partition coefficient (Wildman–Crippen LogP) is 3.05. The summed E-state index contributed by atoms with van der Waals surface area (Å²) >= 11 is 0. The molecule has 0 saturated carbocycles. The zero-order valence-electron chi connectivity index (χ0n) is 10.0. The SMILES string of the molecule is CCC(CC)NC(=O)c1cc(F)ccc1C. The maximum atomic E-state index is 13.0. The Morgan fingerprint density at radius 1 is 1.38 bits per heavy atom. The van der Waals surface area contributed by atoms with E-state index >= 15 is 0 Å². The fraction of sp³-hybridized carbons (Fsp3) is 0.462. The molecule has 0 aromatic heterocycles. The number of hydrogen-bond donors (Lipinski definition) is 1. The number of amides is 1. The molecule has 0 aliphatic heterocycles. The van der Waals surface area contributed by atoms with Gasteiger partial charge in [0.05, 0.1) is 0 Å². The predicted molar refractivity (Wildman–Crippen MR) is 63.0 cm³/mol. The molecule has 3 heteroatoms. The summed E-state index contributed by atoms with van der Waals surface area (Å²) in [5, 5.41) is 2.90. The highest BCUT2D eigenvalue weighted by atomic mass is 19.1. The van der Waals surface area contributed by atoms with Gasteiger partial charge < -0.3 is 5.32 Å². The number of benzene rings is 1. The van der Waals surface area contributed by atoms with Crippen LogP contribution in [0.5, 0.6) is 0 Å². The highest BCUT2D eigenvalue weighted by Gasteiger charge is 2.13. The molecular weight excluding hydrogens is 205 g/mol. The third kappa shape index (κ3) is 3.05. The summed E-state index contributed by atoms with van der Waals surface area (Å²) in [7, 11) is 0. The molecule has 0 unspecified atom stereocenters. The summed E-state index contributed by atoms with van der Waals surface area (Å²) < 4.78 is 13.0. The average Bonchev–Trinajstić information content (AvgIpc) is 2.28. The van der Waals surface area contributed by atoms with Crippen molar-refractivity contribution in [3.8, 4) is 0 Å². The smallest absolute Gasteiger partial charge is 0.251 e. The first-order valence-electron chi connectivity index (χ1n) is 5.65. The van der Waals surface area contributed by atoms with Crippen LogP contribution in [-0.4, -0.2) is 11.9 Å². The van der Waals surface area contributed by atoms with E-state index in [4.69, 9.17) is 0 Å². The second-order valence-corrected chi connectivity index (χ2v) is 3.95. The summed E-state index contributed by atoms with van der Waals surface area (Å²) in [5.74, 6) is -0.564. The van der Waals surface area contributed by atoms with Gasteiger partial charge in [0.25, 0.3) is 5.91 Å². The van der Waals surface area contributed by atoms with Crippen LogP contribution in [0.3, 0.4) is 0 Å². The lowest BCUT2D eigenvalue weighted by Gasteiger charge is -2.15. The van der Waals surface area contributed by atoms with Gasteiger partial charge in [-0.2, -0.15) is 0 Å². The van der Waals surface area contributed by atoms with E-state index in [9.17, 15) is 9.18 Å². The zero-order chi connectivity index (χ0) is 12.1. The summed E-state index contributed by atoms with van der Waals surface area (Å²) in [6.07, 6.45) is 1.77. The van der Waals surface area contributed by atoms with Crippen LogP contribution in [0, 0.1) is 12.7 Å². The molecule has 1 rings (SSSR count). The highest BCUT2D eigenvalue weighted by molar-refractivity contribution is 5.95. The quantitative estimate of drug-likeness (QED) is 0.835. The first-order chi connectivity index (χ1) is 7.58. The van der Waals surface area contributed by atoms with Crippen molar-refractivity contribution in [3.63, 3.8) is 0 Å². The molecule has 2 nitrogen and oxygen atoms in total. The van der Waals surface area contributed by atoms with E-state index in [1.165, 1.54) is 12.1 Å². The molecule has 1 aromatic rings. The number of nitrogens with one attached hydrogen (secondary N) is 1. The minimum absolute atomic E-state index is 0.162. The number of aryl methyl sites for hydroxylation is 1. The van der Waals surface area contributed by atoms with Crippen LogP contribution < -0.4 is 5.32 Å². The van der Waals surface area contributed by atoms with Gasteiger partial charge in [-0.25, -0.2) is 4.39 Å². The van der Waals surface area contributed by atoms with Gasteiger partial charge in [0.15, 0.2) is 0 Å². The molecule has 0 radical (unpaired) electrons. The molecule has 0 fully saturated rings. The highest BCUT2D eigenvalue weighted by Crippen LogP contribution is 2.11. The number of halogens is 1. The molecule has 1 N–H and O–H groups in total. The van der Waals surface area contributed by atoms with Gasteiger partial charge in [-0.3, -0.25) is 4.79 Å². The van der Waals surface area contributed by atoms with Crippen molar-refractivity contribution in [1.82, 2.24) is 5.32 Å². The van der Waals surface area contributed by atoms with Crippen LogP contribution >= 0.6 is 0 Å². The Morgan fingerprint density at radius 2 is 2.00 bits per heavy atom. The van der Waals surface area contributed by atoms with Gasteiger partial charge in [0.1, 0.15) is 5.82 Å². The Balaban J connectivity index is 2.83. The van der Waals surface area contributed by atoms with Crippen molar-refractivity contribution in [2.24, 2.45) is 0 Å². The van der Waals surface area contributed by atoms with Crippen LogP contribution in [0.15, 0.2) is 18.2 Å². The number of hydrogen-bond acceptors (Lipinski definition) is 1. The number of carbonyl (C=O) groups excluding carboxylic acids is 1. The maximum absolute atomic E-state index is 13.0. The molecular formula is C13H18FNO. The molecule has 0 spiro atoms. The Hall–Kier alpha value is -1.38. The second kappa shape index (κ2) is 5.64. The van der Waals surface area contributed by atoms with Crippen LogP contribution in [-0.2, 0) is 0 Å². The minimum atomic E-state index is -0.375. The van der Waals surface area contributed by atoms with Gasteiger partial charge in [-0.05, 0) is 37.5 Å². The van der Waals surface area contributed by atoms with Gasteiger partial charge in [-0.15, -0.1) is 0 Å². The molecule has 88 valence electrons. The van der Waals surface area contributed by atoms with E-state index in [1.54, 1.807) is 13.0 Å². The monoisotopic (exact) mass is 223 g/mol. The van der Waals surface area contributed by atoms with Crippen LogP contribution in [0.1, 0.15) is 42.6 Å². The summed E-state index contributed by atoms with van der Waals surface area (Å²) in [6, 6.07) is 4.43. The lowest BCUT2D eigenvalue weighted by atomic mass is 10.1. The Bertz CT molecular complexity index is 372. The van der Waals surface area contributed by atoms with Gasteiger partial charge in [0.2, 0.25) is 0 Å². The number of carbonyl (C=O) groups is 1. The largest absolute Gasteiger partial charge is 0.349 e. The fourth-order valence-corrected chi connectivity index (χ4v) is 1.59.